The molecule has 6 nitrogen and oxygen atoms in total. The monoisotopic (exact) mass is 381 g/mol. The zero-order chi connectivity index (χ0) is 20.0. The first-order valence-electron chi connectivity index (χ1n) is 9.39. The number of hydrogen-bond donors (Lipinski definition) is 2. The van der Waals surface area contributed by atoms with Gasteiger partial charge < -0.3 is 10.3 Å². The molecular formula is C23H19N5O. The summed E-state index contributed by atoms with van der Waals surface area (Å²) in [7, 11) is 0. The van der Waals surface area contributed by atoms with E-state index in [1.165, 1.54) is 0 Å². The van der Waals surface area contributed by atoms with Crippen molar-refractivity contribution in [3.63, 3.8) is 0 Å². The van der Waals surface area contributed by atoms with Crippen molar-refractivity contribution in [2.75, 3.05) is 5.32 Å². The number of aromatic nitrogens is 4. The highest BCUT2D eigenvalue weighted by molar-refractivity contribution is 6.06. The number of nitrogens with zero attached hydrogens (tertiary/aromatic N) is 3. The lowest BCUT2D eigenvalue weighted by molar-refractivity contribution is 0.102. The summed E-state index contributed by atoms with van der Waals surface area (Å²) in [6, 6.07) is 17.3. The Morgan fingerprint density at radius 3 is 2.72 bits per heavy atom. The predicted octanol–water partition coefficient (Wildman–Crippen LogP) is 4.77. The van der Waals surface area contributed by atoms with E-state index in [1.807, 2.05) is 66.1 Å². The van der Waals surface area contributed by atoms with E-state index >= 15 is 0 Å². The average Bonchev–Trinajstić information content (AvgIpc) is 3.29. The zero-order valence-electron chi connectivity index (χ0n) is 16.1. The first-order chi connectivity index (χ1) is 14.1. The molecule has 0 saturated heterocycles. The van der Waals surface area contributed by atoms with Crippen LogP contribution in [0.2, 0.25) is 0 Å². The van der Waals surface area contributed by atoms with Gasteiger partial charge in [-0.1, -0.05) is 12.1 Å². The van der Waals surface area contributed by atoms with Gasteiger partial charge in [-0.05, 0) is 61.9 Å². The van der Waals surface area contributed by atoms with Gasteiger partial charge in [0, 0.05) is 22.2 Å². The van der Waals surface area contributed by atoms with E-state index in [9.17, 15) is 4.79 Å². The minimum atomic E-state index is -0.159. The van der Waals surface area contributed by atoms with Gasteiger partial charge in [-0.2, -0.15) is 0 Å². The molecule has 0 spiro atoms. The molecule has 0 aliphatic heterocycles. The molecule has 5 aromatic rings. The Morgan fingerprint density at radius 1 is 1.03 bits per heavy atom. The number of pyridine rings is 1. The summed E-state index contributed by atoms with van der Waals surface area (Å²) < 4.78 is 1.92. The lowest BCUT2D eigenvalue weighted by atomic mass is 10.1. The third kappa shape index (κ3) is 2.95. The van der Waals surface area contributed by atoms with Crippen molar-refractivity contribution < 1.29 is 4.79 Å². The van der Waals surface area contributed by atoms with Crippen molar-refractivity contribution >= 4 is 33.5 Å². The van der Waals surface area contributed by atoms with Gasteiger partial charge in [0.05, 0.1) is 22.9 Å². The summed E-state index contributed by atoms with van der Waals surface area (Å²) in [5.74, 6) is 0.587. The van der Waals surface area contributed by atoms with Gasteiger partial charge in [0.2, 0.25) is 0 Å². The number of fused-ring (bicyclic) bond motifs is 2. The molecule has 5 rings (SSSR count). The first kappa shape index (κ1) is 17.2. The van der Waals surface area contributed by atoms with Crippen LogP contribution in [0, 0.1) is 13.8 Å². The molecule has 2 N–H and O–H groups in total. The lowest BCUT2D eigenvalue weighted by Gasteiger charge is -2.07. The summed E-state index contributed by atoms with van der Waals surface area (Å²) >= 11 is 0. The maximum absolute atomic E-state index is 12.7. The normalized spacial score (nSPS) is 11.2. The first-order valence-corrected chi connectivity index (χ1v) is 9.39. The van der Waals surface area contributed by atoms with Crippen LogP contribution in [0.25, 0.3) is 27.8 Å². The molecule has 0 aliphatic rings. The number of carbonyl (C=O) groups excluding carboxylic acids is 1. The highest BCUT2D eigenvalue weighted by Crippen LogP contribution is 2.23. The number of imidazole rings is 1. The van der Waals surface area contributed by atoms with Crippen molar-refractivity contribution in [1.82, 2.24) is 19.5 Å². The van der Waals surface area contributed by atoms with Gasteiger partial charge in [0.25, 0.3) is 5.91 Å². The fraction of sp³-hybridized carbons (Fsp3) is 0.0870. The lowest BCUT2D eigenvalue weighted by Crippen LogP contribution is -2.12. The molecule has 0 bridgehead atoms. The molecule has 3 aromatic heterocycles. The van der Waals surface area contributed by atoms with Crippen LogP contribution < -0.4 is 5.32 Å². The molecule has 1 amide bonds. The van der Waals surface area contributed by atoms with Crippen LogP contribution in [0.4, 0.5) is 5.69 Å². The minimum absolute atomic E-state index is 0.159. The van der Waals surface area contributed by atoms with Crippen molar-refractivity contribution in [2.45, 2.75) is 13.8 Å². The Bertz CT molecular complexity index is 1360. The second-order valence-electron chi connectivity index (χ2n) is 7.10. The van der Waals surface area contributed by atoms with E-state index in [4.69, 9.17) is 0 Å². The fourth-order valence-corrected chi connectivity index (χ4v) is 3.55. The Kier molecular flexibility index (Phi) is 3.91. The van der Waals surface area contributed by atoms with Gasteiger partial charge >= 0.3 is 0 Å². The summed E-state index contributed by atoms with van der Waals surface area (Å²) in [6.07, 6.45) is 3.41. The molecule has 0 aliphatic carbocycles. The van der Waals surface area contributed by atoms with Crippen molar-refractivity contribution in [3.8, 4) is 5.82 Å². The molecular weight excluding hydrogens is 362 g/mol. The van der Waals surface area contributed by atoms with Gasteiger partial charge in [0.15, 0.2) is 0 Å². The van der Waals surface area contributed by atoms with E-state index in [2.05, 4.69) is 27.2 Å². The number of carbonyl (C=O) groups is 1. The number of rotatable bonds is 3. The third-order valence-corrected chi connectivity index (χ3v) is 5.28. The largest absolute Gasteiger partial charge is 0.358 e. The van der Waals surface area contributed by atoms with Crippen LogP contribution in [-0.4, -0.2) is 25.4 Å². The molecule has 0 radical (unpaired) electrons. The number of para-hydroxylation sites is 2. The van der Waals surface area contributed by atoms with Crippen LogP contribution in [0.15, 0.2) is 67.1 Å². The van der Waals surface area contributed by atoms with E-state index < -0.39 is 0 Å². The average molecular weight is 381 g/mol. The molecule has 0 saturated carbocycles. The maximum Gasteiger partial charge on any atom is 0.255 e. The highest BCUT2D eigenvalue weighted by Gasteiger charge is 2.11. The number of anilines is 1. The number of hydrogen-bond acceptors (Lipinski definition) is 3. The second-order valence-corrected chi connectivity index (χ2v) is 7.10. The van der Waals surface area contributed by atoms with Crippen LogP contribution >= 0.6 is 0 Å². The molecule has 2 aromatic carbocycles. The smallest absolute Gasteiger partial charge is 0.255 e. The Balaban J connectivity index is 1.39. The number of aromatic amines is 1. The van der Waals surface area contributed by atoms with E-state index in [-0.39, 0.29) is 5.91 Å². The number of benzene rings is 2. The Morgan fingerprint density at radius 2 is 1.90 bits per heavy atom. The predicted molar refractivity (Wildman–Crippen MR) is 115 cm³/mol. The summed E-state index contributed by atoms with van der Waals surface area (Å²) in [5.41, 5.74) is 6.47. The highest BCUT2D eigenvalue weighted by atomic mass is 16.1. The second kappa shape index (κ2) is 6.60. The summed E-state index contributed by atoms with van der Waals surface area (Å²) in [6.45, 7) is 4.09. The fourth-order valence-electron chi connectivity index (χ4n) is 3.55. The number of aryl methyl sites for hydroxylation is 2. The molecule has 3 heterocycles. The van der Waals surface area contributed by atoms with Crippen LogP contribution in [-0.2, 0) is 0 Å². The molecule has 142 valence electrons. The third-order valence-electron chi connectivity index (χ3n) is 5.28. The van der Waals surface area contributed by atoms with E-state index in [1.54, 1.807) is 12.5 Å². The Labute approximate surface area is 167 Å². The van der Waals surface area contributed by atoms with Crippen molar-refractivity contribution in [1.29, 1.82) is 0 Å². The maximum atomic E-state index is 12.7. The van der Waals surface area contributed by atoms with Crippen LogP contribution in [0.3, 0.4) is 0 Å². The molecule has 0 unspecified atom stereocenters. The summed E-state index contributed by atoms with van der Waals surface area (Å²) in [5, 5.41) is 3.99. The molecule has 6 heteroatoms. The Hall–Kier alpha value is -3.93. The van der Waals surface area contributed by atoms with E-state index in [0.717, 1.165) is 39.0 Å². The quantitative estimate of drug-likeness (QED) is 0.473. The van der Waals surface area contributed by atoms with E-state index in [0.29, 0.717) is 11.3 Å². The van der Waals surface area contributed by atoms with Crippen molar-refractivity contribution in [2.24, 2.45) is 0 Å². The standard InChI is InChI=1S/C23H19N5O/c1-14-15(2)26-19-9-7-16(11-18(14)19)23(29)27-17-8-10-22(24-12-17)28-13-25-20-5-3-4-6-21(20)28/h3-13,26H,1-2H3,(H,27,29). The molecule has 29 heavy (non-hydrogen) atoms. The topological polar surface area (TPSA) is 75.6 Å². The number of H-pyrrole nitrogens is 1. The summed E-state index contributed by atoms with van der Waals surface area (Å²) in [4.78, 5) is 24.9. The molecule has 0 atom stereocenters. The van der Waals surface area contributed by atoms with Gasteiger partial charge in [0.1, 0.15) is 12.1 Å². The van der Waals surface area contributed by atoms with Crippen LogP contribution in [0.1, 0.15) is 21.6 Å². The number of amides is 1. The zero-order valence-corrected chi connectivity index (χ0v) is 16.1. The van der Waals surface area contributed by atoms with Gasteiger partial charge in [-0.15, -0.1) is 0 Å². The van der Waals surface area contributed by atoms with Gasteiger partial charge in [-0.3, -0.25) is 9.36 Å². The SMILES string of the molecule is Cc1[nH]c2ccc(C(=O)Nc3ccc(-n4cnc5ccccc54)nc3)cc2c1C. The molecule has 0 fully saturated rings. The van der Waals surface area contributed by atoms with Crippen LogP contribution in [0.5, 0.6) is 0 Å². The van der Waals surface area contributed by atoms with Crippen molar-refractivity contribution in [3.05, 3.63) is 83.9 Å². The minimum Gasteiger partial charge on any atom is -0.358 e. The number of nitrogens with one attached hydrogen (secondary N) is 2. The van der Waals surface area contributed by atoms with Gasteiger partial charge in [-0.25, -0.2) is 9.97 Å².